The van der Waals surface area contributed by atoms with E-state index < -0.39 is 0 Å². The van der Waals surface area contributed by atoms with Crippen molar-refractivity contribution in [1.82, 2.24) is 13.7 Å². The van der Waals surface area contributed by atoms with E-state index in [0.29, 0.717) is 5.39 Å². The van der Waals surface area contributed by atoms with E-state index in [9.17, 15) is 0 Å². The van der Waals surface area contributed by atoms with Crippen LogP contribution in [0.25, 0.3) is 82.3 Å². The van der Waals surface area contributed by atoms with E-state index in [0.717, 1.165) is 77.0 Å². The van der Waals surface area contributed by atoms with Crippen LogP contribution in [-0.4, -0.2) is 13.7 Å². The molecule has 0 bridgehead atoms. The minimum absolute atomic E-state index is 0.0320. The lowest BCUT2D eigenvalue weighted by molar-refractivity contribution is 1.06. The summed E-state index contributed by atoms with van der Waals surface area (Å²) in [6.45, 7) is 0. The molecule has 0 spiro atoms. The van der Waals surface area contributed by atoms with Crippen molar-refractivity contribution in [3.63, 3.8) is 0 Å². The predicted molar refractivity (Wildman–Crippen MR) is 196 cm³/mol. The maximum atomic E-state index is 15.2. The van der Waals surface area contributed by atoms with Gasteiger partial charge in [-0.1, -0.05) is 103 Å². The number of hydrogen-bond acceptors (Lipinski definition) is 1. The predicted octanol–water partition coefficient (Wildman–Crippen LogP) is 10.3. The Hall–Kier alpha value is -6.39. The molecule has 220 valence electrons. The van der Waals surface area contributed by atoms with E-state index >= 15 is 4.79 Å². The summed E-state index contributed by atoms with van der Waals surface area (Å²) < 4.78 is 6.51. The molecule has 3 heterocycles. The maximum absolute atomic E-state index is 15.2. The summed E-state index contributed by atoms with van der Waals surface area (Å²) in [5.74, 6) is 0. The molecule has 3 aromatic heterocycles. The van der Waals surface area contributed by atoms with Crippen molar-refractivity contribution in [3.05, 3.63) is 174 Å². The van der Waals surface area contributed by atoms with Crippen molar-refractivity contribution >= 4 is 65.3 Å². The second-order valence-corrected chi connectivity index (χ2v) is 12.1. The number of pyridine rings is 1. The second kappa shape index (κ2) is 9.80. The van der Waals surface area contributed by atoms with Crippen molar-refractivity contribution in [2.24, 2.45) is 0 Å². The highest BCUT2D eigenvalue weighted by Gasteiger charge is 2.22. The molecule has 0 aliphatic heterocycles. The fourth-order valence-electron chi connectivity index (χ4n) is 7.66. The normalized spacial score (nSPS) is 11.9. The lowest BCUT2D eigenvalue weighted by Gasteiger charge is -2.16. The van der Waals surface area contributed by atoms with Crippen LogP contribution in [0.2, 0.25) is 0 Å². The molecule has 4 heteroatoms. The molecular weight excluding hydrogens is 574 g/mol. The zero-order valence-corrected chi connectivity index (χ0v) is 25.3. The molecule has 0 N–H and O–H groups in total. The molecule has 10 aromatic rings. The SMILES string of the molecule is O=c1c2c(ccc3c4ccccc4n(-c4ccccc4)c32)c2cc3c(cc2n1-c1ccccc1)c1ccccc1n3-c1ccccc1. The maximum Gasteiger partial charge on any atom is 0.265 e. The largest absolute Gasteiger partial charge is 0.309 e. The molecule has 10 rings (SSSR count). The topological polar surface area (TPSA) is 31.9 Å². The average Bonchev–Trinajstić information content (AvgIpc) is 3.64. The van der Waals surface area contributed by atoms with Gasteiger partial charge in [0, 0.05) is 44.0 Å². The number of para-hydroxylation sites is 5. The Bertz CT molecular complexity index is 2900. The molecule has 0 radical (unpaired) electrons. The van der Waals surface area contributed by atoms with Gasteiger partial charge in [0.2, 0.25) is 0 Å². The summed E-state index contributed by atoms with van der Waals surface area (Å²) in [7, 11) is 0. The van der Waals surface area contributed by atoms with Gasteiger partial charge in [-0.05, 0) is 66.0 Å². The van der Waals surface area contributed by atoms with Crippen molar-refractivity contribution in [1.29, 1.82) is 0 Å². The average molecular weight is 602 g/mol. The fourth-order valence-corrected chi connectivity index (χ4v) is 7.66. The summed E-state index contributed by atoms with van der Waals surface area (Å²) in [4.78, 5) is 15.2. The molecule has 0 saturated heterocycles. The summed E-state index contributed by atoms with van der Waals surface area (Å²) in [6, 6.07) is 56.8. The molecule has 0 fully saturated rings. The first-order valence-electron chi connectivity index (χ1n) is 15.9. The minimum Gasteiger partial charge on any atom is -0.309 e. The smallest absolute Gasteiger partial charge is 0.265 e. The van der Waals surface area contributed by atoms with Gasteiger partial charge in [-0.2, -0.15) is 0 Å². The number of hydrogen-bond donors (Lipinski definition) is 0. The van der Waals surface area contributed by atoms with Gasteiger partial charge in [0.05, 0.1) is 33.0 Å². The van der Waals surface area contributed by atoms with Crippen LogP contribution in [0, 0.1) is 0 Å². The van der Waals surface area contributed by atoms with E-state index in [-0.39, 0.29) is 5.56 Å². The van der Waals surface area contributed by atoms with Gasteiger partial charge < -0.3 is 9.13 Å². The standard InChI is InChI=1S/C43H27N3O/c47-43-41-33(24-25-34-31-20-10-13-23-38(31)45(42(34)41)29-16-6-2-7-17-29)36-27-39-35(26-40(36)46(43)30-18-8-3-9-19-30)32-21-11-12-22-37(32)44(39)28-14-4-1-5-15-28/h1-27H. The molecule has 4 nitrogen and oxygen atoms in total. The first kappa shape index (κ1) is 25.9. The van der Waals surface area contributed by atoms with E-state index in [4.69, 9.17) is 0 Å². The lowest BCUT2D eigenvalue weighted by Crippen LogP contribution is -2.20. The van der Waals surface area contributed by atoms with Gasteiger partial charge in [0.15, 0.2) is 0 Å². The van der Waals surface area contributed by atoms with E-state index in [1.165, 1.54) is 0 Å². The third-order valence-electron chi connectivity index (χ3n) is 9.62. The van der Waals surface area contributed by atoms with Crippen molar-refractivity contribution in [2.45, 2.75) is 0 Å². The Labute approximate surface area is 269 Å². The fraction of sp³-hybridized carbons (Fsp3) is 0. The molecule has 0 saturated carbocycles. The third-order valence-corrected chi connectivity index (χ3v) is 9.62. The van der Waals surface area contributed by atoms with Crippen LogP contribution in [0.4, 0.5) is 0 Å². The highest BCUT2D eigenvalue weighted by Crippen LogP contribution is 2.40. The highest BCUT2D eigenvalue weighted by molar-refractivity contribution is 6.24. The van der Waals surface area contributed by atoms with Gasteiger partial charge in [0.25, 0.3) is 5.56 Å². The monoisotopic (exact) mass is 601 g/mol. The van der Waals surface area contributed by atoms with Crippen LogP contribution in [0.5, 0.6) is 0 Å². The quantitative estimate of drug-likeness (QED) is 0.185. The summed E-state index contributed by atoms with van der Waals surface area (Å²) in [5, 5.41) is 7.13. The van der Waals surface area contributed by atoms with Crippen molar-refractivity contribution in [2.75, 3.05) is 0 Å². The first-order chi connectivity index (χ1) is 23.3. The van der Waals surface area contributed by atoms with E-state index in [1.807, 2.05) is 41.0 Å². The zero-order valence-electron chi connectivity index (χ0n) is 25.3. The van der Waals surface area contributed by atoms with Gasteiger partial charge in [-0.25, -0.2) is 0 Å². The van der Waals surface area contributed by atoms with Crippen LogP contribution in [0.3, 0.4) is 0 Å². The van der Waals surface area contributed by atoms with Crippen molar-refractivity contribution < 1.29 is 0 Å². The zero-order chi connectivity index (χ0) is 31.1. The molecule has 0 aliphatic carbocycles. The number of benzene rings is 7. The lowest BCUT2D eigenvalue weighted by atomic mass is 10.0. The van der Waals surface area contributed by atoms with Crippen LogP contribution in [0.1, 0.15) is 0 Å². The molecule has 7 aromatic carbocycles. The van der Waals surface area contributed by atoms with E-state index in [2.05, 4.69) is 137 Å². The van der Waals surface area contributed by atoms with Crippen LogP contribution < -0.4 is 5.56 Å². The Kier molecular flexibility index (Phi) is 5.40. The summed E-state index contributed by atoms with van der Waals surface area (Å²) in [6.07, 6.45) is 0. The summed E-state index contributed by atoms with van der Waals surface area (Å²) >= 11 is 0. The van der Waals surface area contributed by atoms with Gasteiger partial charge in [0.1, 0.15) is 0 Å². The Morgan fingerprint density at radius 2 is 0.745 bits per heavy atom. The van der Waals surface area contributed by atoms with Crippen LogP contribution in [-0.2, 0) is 0 Å². The minimum atomic E-state index is -0.0320. The molecule has 0 unspecified atom stereocenters. The third kappa shape index (κ3) is 3.61. The summed E-state index contributed by atoms with van der Waals surface area (Å²) in [5.41, 5.74) is 8.06. The second-order valence-electron chi connectivity index (χ2n) is 12.1. The Morgan fingerprint density at radius 3 is 1.36 bits per heavy atom. The van der Waals surface area contributed by atoms with Crippen molar-refractivity contribution in [3.8, 4) is 17.1 Å². The van der Waals surface area contributed by atoms with Crippen LogP contribution >= 0.6 is 0 Å². The van der Waals surface area contributed by atoms with Gasteiger partial charge in [-0.15, -0.1) is 0 Å². The van der Waals surface area contributed by atoms with E-state index in [1.54, 1.807) is 0 Å². The number of rotatable bonds is 3. The van der Waals surface area contributed by atoms with Gasteiger partial charge >= 0.3 is 0 Å². The molecule has 47 heavy (non-hydrogen) atoms. The molecule has 0 atom stereocenters. The molecule has 0 amide bonds. The first-order valence-corrected chi connectivity index (χ1v) is 15.9. The molecule has 0 aliphatic rings. The Morgan fingerprint density at radius 1 is 0.319 bits per heavy atom. The number of fused-ring (bicyclic) bond motifs is 10. The van der Waals surface area contributed by atoms with Gasteiger partial charge in [-0.3, -0.25) is 9.36 Å². The molecular formula is C43H27N3O. The highest BCUT2D eigenvalue weighted by atomic mass is 16.1. The van der Waals surface area contributed by atoms with Crippen LogP contribution in [0.15, 0.2) is 169 Å². The Balaban J connectivity index is 1.48. The number of nitrogens with zero attached hydrogens (tertiary/aromatic N) is 3. The number of aromatic nitrogens is 3.